The van der Waals surface area contributed by atoms with E-state index in [1.807, 2.05) is 24.3 Å². The highest BCUT2D eigenvalue weighted by atomic mass is 35.5. The molecule has 1 N–H and O–H groups in total. The Morgan fingerprint density at radius 1 is 1.16 bits per heavy atom. The van der Waals surface area contributed by atoms with Crippen LogP contribution in [0.1, 0.15) is 17.0 Å². The Labute approximate surface area is 116 Å². The number of carbonyl (C=O) groups excluding carboxylic acids is 1. The maximum atomic E-state index is 12.2. The Kier molecular flexibility index (Phi) is 2.91. The molecule has 1 aliphatic heterocycles. The quantitative estimate of drug-likeness (QED) is 0.910. The number of para-hydroxylation sites is 1. The van der Waals surface area contributed by atoms with Gasteiger partial charge in [-0.1, -0.05) is 29.8 Å². The lowest BCUT2D eigenvalue weighted by atomic mass is 9.92. The number of benzene rings is 2. The normalized spacial score (nSPS) is 16.9. The summed E-state index contributed by atoms with van der Waals surface area (Å²) in [6.45, 7) is 0. The van der Waals surface area contributed by atoms with E-state index >= 15 is 0 Å². The smallest absolute Gasteiger partial charge is 0.236 e. The van der Waals surface area contributed by atoms with Gasteiger partial charge in [-0.25, -0.2) is 0 Å². The average Bonchev–Trinajstić information content (AvgIpc) is 2.74. The van der Waals surface area contributed by atoms with E-state index in [-0.39, 0.29) is 11.8 Å². The van der Waals surface area contributed by atoms with Crippen LogP contribution in [0.15, 0.2) is 42.5 Å². The van der Waals surface area contributed by atoms with E-state index in [2.05, 4.69) is 5.32 Å². The second-order valence-corrected chi connectivity index (χ2v) is 4.83. The third-order valence-electron chi connectivity index (χ3n) is 3.29. The van der Waals surface area contributed by atoms with Crippen molar-refractivity contribution in [1.29, 1.82) is 0 Å². The second kappa shape index (κ2) is 4.59. The predicted molar refractivity (Wildman–Crippen MR) is 74.9 cm³/mol. The second-order valence-electron chi connectivity index (χ2n) is 4.40. The highest BCUT2D eigenvalue weighted by Gasteiger charge is 2.33. The third-order valence-corrected chi connectivity index (χ3v) is 3.53. The van der Waals surface area contributed by atoms with Crippen LogP contribution >= 0.6 is 11.6 Å². The largest absolute Gasteiger partial charge is 0.496 e. The predicted octanol–water partition coefficient (Wildman–Crippen LogP) is 3.43. The topological polar surface area (TPSA) is 38.3 Å². The first kappa shape index (κ1) is 12.1. The summed E-state index contributed by atoms with van der Waals surface area (Å²) < 4.78 is 5.34. The molecular weight excluding hydrogens is 262 g/mol. The molecule has 1 aliphatic rings. The van der Waals surface area contributed by atoms with Gasteiger partial charge in [-0.2, -0.15) is 0 Å². The zero-order valence-corrected chi connectivity index (χ0v) is 11.1. The lowest BCUT2D eigenvalue weighted by Gasteiger charge is -2.14. The molecule has 2 aromatic carbocycles. The summed E-state index contributed by atoms with van der Waals surface area (Å²) in [5.41, 5.74) is 2.59. The molecular formula is C15H12ClNO2. The van der Waals surface area contributed by atoms with Gasteiger partial charge in [0.2, 0.25) is 5.91 Å². The van der Waals surface area contributed by atoms with Crippen molar-refractivity contribution in [2.75, 3.05) is 12.4 Å². The molecule has 3 nitrogen and oxygen atoms in total. The summed E-state index contributed by atoms with van der Waals surface area (Å²) in [5.74, 6) is 0.243. The van der Waals surface area contributed by atoms with Crippen molar-refractivity contribution in [3.63, 3.8) is 0 Å². The van der Waals surface area contributed by atoms with Crippen molar-refractivity contribution in [2.45, 2.75) is 5.92 Å². The fourth-order valence-corrected chi connectivity index (χ4v) is 2.63. The molecule has 0 spiro atoms. The number of hydrogen-bond acceptors (Lipinski definition) is 2. The average molecular weight is 274 g/mol. The molecule has 0 fully saturated rings. The maximum Gasteiger partial charge on any atom is 0.236 e. The van der Waals surface area contributed by atoms with Crippen molar-refractivity contribution in [1.82, 2.24) is 0 Å². The van der Waals surface area contributed by atoms with Crippen molar-refractivity contribution in [3.05, 3.63) is 58.6 Å². The fourth-order valence-electron chi connectivity index (χ4n) is 2.45. The number of carbonyl (C=O) groups is 1. The Morgan fingerprint density at radius 3 is 2.74 bits per heavy atom. The maximum absolute atomic E-state index is 12.2. The number of ether oxygens (including phenoxy) is 1. The molecule has 1 atom stereocenters. The minimum Gasteiger partial charge on any atom is -0.496 e. The number of amides is 1. The van der Waals surface area contributed by atoms with Crippen molar-refractivity contribution < 1.29 is 9.53 Å². The van der Waals surface area contributed by atoms with E-state index in [1.54, 1.807) is 25.3 Å². The third kappa shape index (κ3) is 1.96. The van der Waals surface area contributed by atoms with E-state index in [4.69, 9.17) is 16.3 Å². The Hall–Kier alpha value is -2.00. The van der Waals surface area contributed by atoms with Crippen LogP contribution in [0.25, 0.3) is 0 Å². The standard InChI is InChI=1S/C15H12ClNO2/c1-19-13-7-6-9(16)8-11(13)14-10-4-2-3-5-12(10)17-15(14)18/h2-8,14H,1H3,(H,17,18). The first-order valence-electron chi connectivity index (χ1n) is 5.94. The minimum atomic E-state index is -0.371. The summed E-state index contributed by atoms with van der Waals surface area (Å²) in [6, 6.07) is 13.0. The van der Waals surface area contributed by atoms with Gasteiger partial charge in [-0.05, 0) is 29.8 Å². The van der Waals surface area contributed by atoms with Gasteiger partial charge in [0, 0.05) is 16.3 Å². The molecule has 0 saturated carbocycles. The van der Waals surface area contributed by atoms with Crippen LogP contribution in [-0.2, 0) is 4.79 Å². The van der Waals surface area contributed by atoms with Crippen LogP contribution in [0.5, 0.6) is 5.75 Å². The molecule has 1 heterocycles. The number of hydrogen-bond donors (Lipinski definition) is 1. The minimum absolute atomic E-state index is 0.0539. The summed E-state index contributed by atoms with van der Waals surface area (Å²) in [5, 5.41) is 3.47. The van der Waals surface area contributed by atoms with Crippen LogP contribution in [-0.4, -0.2) is 13.0 Å². The molecule has 0 radical (unpaired) electrons. The van der Waals surface area contributed by atoms with Gasteiger partial charge < -0.3 is 10.1 Å². The molecule has 0 aliphatic carbocycles. The van der Waals surface area contributed by atoms with E-state index in [9.17, 15) is 4.79 Å². The van der Waals surface area contributed by atoms with Gasteiger partial charge in [0.25, 0.3) is 0 Å². The number of rotatable bonds is 2. The first-order chi connectivity index (χ1) is 9.20. The van der Waals surface area contributed by atoms with Gasteiger partial charge in [-0.15, -0.1) is 0 Å². The number of nitrogens with one attached hydrogen (secondary N) is 1. The Bertz CT molecular complexity index is 654. The molecule has 3 rings (SSSR count). The summed E-state index contributed by atoms with van der Waals surface area (Å²) in [7, 11) is 1.59. The van der Waals surface area contributed by atoms with E-state index in [0.717, 1.165) is 16.8 Å². The lowest BCUT2D eigenvalue weighted by molar-refractivity contribution is -0.116. The summed E-state index contributed by atoms with van der Waals surface area (Å²) >= 11 is 6.04. The Balaban J connectivity index is 2.17. The van der Waals surface area contributed by atoms with E-state index in [0.29, 0.717) is 10.8 Å². The molecule has 0 bridgehead atoms. The van der Waals surface area contributed by atoms with Crippen LogP contribution in [0.2, 0.25) is 5.02 Å². The number of anilines is 1. The highest BCUT2D eigenvalue weighted by Crippen LogP contribution is 2.41. The van der Waals surface area contributed by atoms with Crippen LogP contribution in [0.3, 0.4) is 0 Å². The first-order valence-corrected chi connectivity index (χ1v) is 6.31. The van der Waals surface area contributed by atoms with Crippen molar-refractivity contribution >= 4 is 23.2 Å². The fraction of sp³-hybridized carbons (Fsp3) is 0.133. The van der Waals surface area contributed by atoms with Crippen LogP contribution in [0.4, 0.5) is 5.69 Å². The number of fused-ring (bicyclic) bond motifs is 1. The van der Waals surface area contributed by atoms with Gasteiger partial charge in [0.05, 0.1) is 13.0 Å². The SMILES string of the molecule is COc1ccc(Cl)cc1C1C(=O)Nc2ccccc21. The monoisotopic (exact) mass is 273 g/mol. The van der Waals surface area contributed by atoms with Crippen molar-refractivity contribution in [2.24, 2.45) is 0 Å². The van der Waals surface area contributed by atoms with E-state index < -0.39 is 0 Å². The molecule has 96 valence electrons. The molecule has 1 amide bonds. The van der Waals surface area contributed by atoms with Gasteiger partial charge in [0.1, 0.15) is 5.75 Å². The van der Waals surface area contributed by atoms with Crippen molar-refractivity contribution in [3.8, 4) is 5.75 Å². The zero-order chi connectivity index (χ0) is 13.4. The molecule has 0 aromatic heterocycles. The molecule has 2 aromatic rings. The lowest BCUT2D eigenvalue weighted by Crippen LogP contribution is -2.14. The highest BCUT2D eigenvalue weighted by molar-refractivity contribution is 6.30. The molecule has 4 heteroatoms. The van der Waals surface area contributed by atoms with Crippen LogP contribution in [0, 0.1) is 0 Å². The molecule has 19 heavy (non-hydrogen) atoms. The van der Waals surface area contributed by atoms with Gasteiger partial charge >= 0.3 is 0 Å². The summed E-state index contributed by atoms with van der Waals surface area (Å²) in [6.07, 6.45) is 0. The number of methoxy groups -OCH3 is 1. The van der Waals surface area contributed by atoms with Crippen LogP contribution < -0.4 is 10.1 Å². The van der Waals surface area contributed by atoms with Gasteiger partial charge in [0.15, 0.2) is 0 Å². The zero-order valence-electron chi connectivity index (χ0n) is 10.3. The molecule has 0 saturated heterocycles. The number of halogens is 1. The van der Waals surface area contributed by atoms with Gasteiger partial charge in [-0.3, -0.25) is 4.79 Å². The molecule has 1 unspecified atom stereocenters. The summed E-state index contributed by atoms with van der Waals surface area (Å²) in [4.78, 5) is 12.2. The van der Waals surface area contributed by atoms with E-state index in [1.165, 1.54) is 0 Å². The Morgan fingerprint density at radius 2 is 1.95 bits per heavy atom.